The molecule has 0 spiro atoms. The molecule has 5 nitrogen and oxygen atoms in total. The van der Waals surface area contributed by atoms with Crippen molar-refractivity contribution in [3.05, 3.63) is 53.2 Å². The van der Waals surface area contributed by atoms with Crippen molar-refractivity contribution in [3.63, 3.8) is 0 Å². The summed E-state index contributed by atoms with van der Waals surface area (Å²) >= 11 is 0. The Bertz CT molecular complexity index is 980. The Morgan fingerprint density at radius 2 is 2.04 bits per heavy atom. The SMILES string of the molecule is Cn1c2c(c3ccc(Nc4ccc(F)c(F)c4)nc31)C(=O)NCC2. The minimum Gasteiger partial charge on any atom is -0.352 e. The molecule has 0 aliphatic carbocycles. The number of aryl methyl sites for hydroxylation is 1. The Labute approximate surface area is 136 Å². The number of nitrogens with one attached hydrogen (secondary N) is 2. The normalized spacial score (nSPS) is 13.7. The average Bonchev–Trinajstić information content (AvgIpc) is 2.85. The molecule has 1 aliphatic rings. The van der Waals surface area contributed by atoms with Crippen LogP contribution in [0.5, 0.6) is 0 Å². The van der Waals surface area contributed by atoms with Crippen LogP contribution < -0.4 is 10.6 Å². The first-order valence-corrected chi connectivity index (χ1v) is 7.53. The van der Waals surface area contributed by atoms with Crippen LogP contribution in [-0.4, -0.2) is 22.0 Å². The van der Waals surface area contributed by atoms with E-state index in [0.29, 0.717) is 29.3 Å². The van der Waals surface area contributed by atoms with Gasteiger partial charge in [-0.1, -0.05) is 0 Å². The van der Waals surface area contributed by atoms with E-state index in [4.69, 9.17) is 0 Å². The predicted molar refractivity (Wildman–Crippen MR) is 86.4 cm³/mol. The van der Waals surface area contributed by atoms with Gasteiger partial charge in [-0.05, 0) is 24.3 Å². The number of nitrogens with zero attached hydrogens (tertiary/aromatic N) is 2. The van der Waals surface area contributed by atoms with Crippen molar-refractivity contribution in [1.82, 2.24) is 14.9 Å². The summed E-state index contributed by atoms with van der Waals surface area (Å²) in [5.74, 6) is -1.42. The predicted octanol–water partition coefficient (Wildman–Crippen LogP) is 2.88. The summed E-state index contributed by atoms with van der Waals surface area (Å²) in [5.41, 5.74) is 2.68. The third-order valence-corrected chi connectivity index (χ3v) is 4.22. The second-order valence-electron chi connectivity index (χ2n) is 5.71. The van der Waals surface area contributed by atoms with E-state index in [9.17, 15) is 13.6 Å². The van der Waals surface area contributed by atoms with Gasteiger partial charge in [0, 0.05) is 42.8 Å². The number of aromatic nitrogens is 2. The molecule has 0 saturated carbocycles. The highest BCUT2D eigenvalue weighted by Gasteiger charge is 2.25. The number of carbonyl (C=O) groups excluding carboxylic acids is 1. The molecule has 4 rings (SSSR count). The Balaban J connectivity index is 1.77. The van der Waals surface area contributed by atoms with Crippen LogP contribution in [-0.2, 0) is 13.5 Å². The highest BCUT2D eigenvalue weighted by molar-refractivity contribution is 6.08. The van der Waals surface area contributed by atoms with Crippen LogP contribution in [0.25, 0.3) is 11.0 Å². The number of carbonyl (C=O) groups is 1. The van der Waals surface area contributed by atoms with Gasteiger partial charge < -0.3 is 15.2 Å². The Morgan fingerprint density at radius 1 is 1.21 bits per heavy atom. The monoisotopic (exact) mass is 328 g/mol. The molecule has 122 valence electrons. The molecule has 3 heterocycles. The number of pyridine rings is 1. The maximum Gasteiger partial charge on any atom is 0.253 e. The molecule has 1 aliphatic heterocycles. The summed E-state index contributed by atoms with van der Waals surface area (Å²) in [6.45, 7) is 0.607. The third kappa shape index (κ3) is 2.20. The highest BCUT2D eigenvalue weighted by Crippen LogP contribution is 2.28. The van der Waals surface area contributed by atoms with Crippen molar-refractivity contribution in [1.29, 1.82) is 0 Å². The molecule has 0 radical (unpaired) electrons. The summed E-state index contributed by atoms with van der Waals surface area (Å²) in [7, 11) is 1.87. The third-order valence-electron chi connectivity index (χ3n) is 4.22. The van der Waals surface area contributed by atoms with Gasteiger partial charge in [0.05, 0.1) is 5.56 Å². The smallest absolute Gasteiger partial charge is 0.253 e. The van der Waals surface area contributed by atoms with Gasteiger partial charge in [0.25, 0.3) is 5.91 Å². The van der Waals surface area contributed by atoms with Gasteiger partial charge in [0.1, 0.15) is 11.5 Å². The van der Waals surface area contributed by atoms with Crippen molar-refractivity contribution in [2.75, 3.05) is 11.9 Å². The molecule has 0 atom stereocenters. The Hall–Kier alpha value is -2.96. The average molecular weight is 328 g/mol. The summed E-state index contributed by atoms with van der Waals surface area (Å²) < 4.78 is 28.2. The molecule has 2 aromatic heterocycles. The topological polar surface area (TPSA) is 59.0 Å². The Morgan fingerprint density at radius 3 is 2.83 bits per heavy atom. The van der Waals surface area contributed by atoms with E-state index in [-0.39, 0.29) is 5.91 Å². The fraction of sp³-hybridized carbons (Fsp3) is 0.176. The van der Waals surface area contributed by atoms with Crippen molar-refractivity contribution in [3.8, 4) is 0 Å². The summed E-state index contributed by atoms with van der Waals surface area (Å²) in [4.78, 5) is 16.6. The van der Waals surface area contributed by atoms with Crippen molar-refractivity contribution in [2.45, 2.75) is 6.42 Å². The fourth-order valence-corrected chi connectivity index (χ4v) is 3.07. The maximum absolute atomic E-state index is 13.3. The van der Waals surface area contributed by atoms with E-state index in [2.05, 4.69) is 15.6 Å². The Kier molecular flexibility index (Phi) is 3.23. The molecular weight excluding hydrogens is 314 g/mol. The van der Waals surface area contributed by atoms with Gasteiger partial charge >= 0.3 is 0 Å². The van der Waals surface area contributed by atoms with Crippen LogP contribution in [0.1, 0.15) is 16.1 Å². The lowest BCUT2D eigenvalue weighted by Gasteiger charge is -2.13. The number of anilines is 2. The van der Waals surface area contributed by atoms with E-state index in [1.807, 2.05) is 17.7 Å². The van der Waals surface area contributed by atoms with Crippen molar-refractivity contribution >= 4 is 28.4 Å². The van der Waals surface area contributed by atoms with Gasteiger partial charge in [0.2, 0.25) is 0 Å². The molecule has 0 unspecified atom stereocenters. The van der Waals surface area contributed by atoms with E-state index < -0.39 is 11.6 Å². The number of hydrogen-bond donors (Lipinski definition) is 2. The lowest BCUT2D eigenvalue weighted by molar-refractivity contribution is 0.0947. The first-order valence-electron chi connectivity index (χ1n) is 7.53. The maximum atomic E-state index is 13.3. The second kappa shape index (κ2) is 5.30. The zero-order chi connectivity index (χ0) is 16.8. The second-order valence-corrected chi connectivity index (χ2v) is 5.71. The number of rotatable bonds is 2. The first kappa shape index (κ1) is 14.6. The molecule has 24 heavy (non-hydrogen) atoms. The molecular formula is C17H14F2N4O. The minimum absolute atomic E-state index is 0.0926. The van der Waals surface area contributed by atoms with Crippen LogP contribution in [0, 0.1) is 11.6 Å². The van der Waals surface area contributed by atoms with Gasteiger partial charge in [-0.15, -0.1) is 0 Å². The quantitative estimate of drug-likeness (QED) is 0.760. The van der Waals surface area contributed by atoms with Crippen LogP contribution in [0.4, 0.5) is 20.3 Å². The molecule has 3 aromatic rings. The van der Waals surface area contributed by atoms with Gasteiger partial charge in [-0.3, -0.25) is 4.79 Å². The van der Waals surface area contributed by atoms with Gasteiger partial charge in [-0.2, -0.15) is 0 Å². The zero-order valence-electron chi connectivity index (χ0n) is 12.9. The van der Waals surface area contributed by atoms with E-state index >= 15 is 0 Å². The summed E-state index contributed by atoms with van der Waals surface area (Å²) in [5, 5.41) is 6.57. The standard InChI is InChI=1S/C17H14F2N4O/c1-23-13-6-7-20-17(24)15(13)10-3-5-14(22-16(10)23)21-9-2-4-11(18)12(19)8-9/h2-5,8H,6-7H2,1H3,(H,20,24)(H,21,22). The lowest BCUT2D eigenvalue weighted by atomic mass is 10.1. The van der Waals surface area contributed by atoms with Gasteiger partial charge in [0.15, 0.2) is 11.6 Å². The molecule has 0 fully saturated rings. The minimum atomic E-state index is -0.924. The zero-order valence-corrected chi connectivity index (χ0v) is 12.9. The van der Waals surface area contributed by atoms with Crippen molar-refractivity contribution in [2.24, 2.45) is 7.05 Å². The van der Waals surface area contributed by atoms with Crippen LogP contribution >= 0.6 is 0 Å². The molecule has 1 amide bonds. The molecule has 0 saturated heterocycles. The summed E-state index contributed by atoms with van der Waals surface area (Å²) in [6.07, 6.45) is 0.750. The van der Waals surface area contributed by atoms with Crippen LogP contribution in [0.2, 0.25) is 0 Å². The molecule has 2 N–H and O–H groups in total. The van der Waals surface area contributed by atoms with E-state index in [1.165, 1.54) is 6.07 Å². The molecule has 7 heteroatoms. The number of hydrogen-bond acceptors (Lipinski definition) is 3. The molecule has 0 bridgehead atoms. The van der Waals surface area contributed by atoms with E-state index in [1.54, 1.807) is 6.07 Å². The first-order chi connectivity index (χ1) is 11.5. The van der Waals surface area contributed by atoms with Crippen LogP contribution in [0.3, 0.4) is 0 Å². The van der Waals surface area contributed by atoms with E-state index in [0.717, 1.165) is 29.6 Å². The number of fused-ring (bicyclic) bond motifs is 3. The van der Waals surface area contributed by atoms with Crippen molar-refractivity contribution < 1.29 is 13.6 Å². The highest BCUT2D eigenvalue weighted by atomic mass is 19.2. The van der Waals surface area contributed by atoms with Crippen LogP contribution in [0.15, 0.2) is 30.3 Å². The number of amides is 1. The number of halogens is 2. The lowest BCUT2D eigenvalue weighted by Crippen LogP contribution is -2.32. The van der Waals surface area contributed by atoms with Gasteiger partial charge in [-0.25, -0.2) is 13.8 Å². The molecule has 1 aromatic carbocycles. The largest absolute Gasteiger partial charge is 0.352 e. The number of benzene rings is 1. The summed E-state index contributed by atoms with van der Waals surface area (Å²) in [6, 6.07) is 7.10. The fourth-order valence-electron chi connectivity index (χ4n) is 3.07.